The topological polar surface area (TPSA) is 74.2 Å². The molecule has 0 spiro atoms. The van der Waals surface area contributed by atoms with E-state index in [9.17, 15) is 4.79 Å². The number of rotatable bonds is 5. The molecule has 2 N–H and O–H groups in total. The number of hydrogen-bond donors (Lipinski definition) is 2. The van der Waals surface area contributed by atoms with Crippen LogP contribution < -0.4 is 10.6 Å². The first-order valence-electron chi connectivity index (χ1n) is 6.48. The van der Waals surface area contributed by atoms with Crippen LogP contribution in [0.15, 0.2) is 11.4 Å². The quantitative estimate of drug-likeness (QED) is 0.875. The maximum Gasteiger partial charge on any atom is 0.407 e. The van der Waals surface area contributed by atoms with Crippen molar-refractivity contribution >= 4 is 17.4 Å². The van der Waals surface area contributed by atoms with E-state index in [0.717, 1.165) is 4.88 Å². The fourth-order valence-electron chi connectivity index (χ4n) is 1.43. The van der Waals surface area contributed by atoms with Gasteiger partial charge in [0.15, 0.2) is 0 Å². The third-order valence-electron chi connectivity index (χ3n) is 2.36. The van der Waals surface area contributed by atoms with Crippen molar-refractivity contribution in [3.8, 4) is 6.07 Å². The monoisotopic (exact) mass is 295 g/mol. The highest BCUT2D eigenvalue weighted by atomic mass is 32.1. The van der Waals surface area contributed by atoms with Crippen LogP contribution >= 0.6 is 11.3 Å². The normalized spacial score (nSPS) is 12.6. The molecule has 1 heterocycles. The Labute approximate surface area is 123 Å². The van der Waals surface area contributed by atoms with Crippen molar-refractivity contribution in [1.82, 2.24) is 10.6 Å². The minimum absolute atomic E-state index is 0.121. The van der Waals surface area contributed by atoms with Crippen molar-refractivity contribution in [2.45, 2.75) is 45.9 Å². The molecule has 0 aliphatic rings. The van der Waals surface area contributed by atoms with Gasteiger partial charge in [-0.25, -0.2) is 4.79 Å². The molecule has 1 rings (SSSR count). The molecule has 1 aromatic rings. The number of nitriles is 1. The second-order valence-electron chi connectivity index (χ2n) is 5.58. The lowest BCUT2D eigenvalue weighted by Gasteiger charge is -2.21. The zero-order chi connectivity index (χ0) is 15.2. The van der Waals surface area contributed by atoms with E-state index >= 15 is 0 Å². The first-order valence-corrected chi connectivity index (χ1v) is 7.36. The van der Waals surface area contributed by atoms with Crippen LogP contribution in [0, 0.1) is 11.3 Å². The largest absolute Gasteiger partial charge is 0.444 e. The molecule has 5 nitrogen and oxygen atoms in total. The zero-order valence-electron chi connectivity index (χ0n) is 12.3. The van der Waals surface area contributed by atoms with Gasteiger partial charge >= 0.3 is 6.09 Å². The summed E-state index contributed by atoms with van der Waals surface area (Å²) in [5, 5.41) is 16.6. The van der Waals surface area contributed by atoms with Crippen molar-refractivity contribution in [2.75, 3.05) is 6.54 Å². The van der Waals surface area contributed by atoms with Crippen molar-refractivity contribution in [3.05, 3.63) is 21.9 Å². The molecule has 20 heavy (non-hydrogen) atoms. The Bertz CT molecular complexity index is 485. The van der Waals surface area contributed by atoms with Crippen LogP contribution in [-0.4, -0.2) is 24.3 Å². The van der Waals surface area contributed by atoms with Crippen LogP contribution in [0.3, 0.4) is 0 Å². The van der Waals surface area contributed by atoms with E-state index in [4.69, 9.17) is 10.00 Å². The molecule has 0 radical (unpaired) electrons. The second kappa shape index (κ2) is 7.27. The molecule has 1 aromatic heterocycles. The van der Waals surface area contributed by atoms with Gasteiger partial charge in [0.1, 0.15) is 11.7 Å². The van der Waals surface area contributed by atoms with Crippen molar-refractivity contribution in [2.24, 2.45) is 0 Å². The van der Waals surface area contributed by atoms with Gasteiger partial charge in [-0.05, 0) is 33.8 Å². The highest BCUT2D eigenvalue weighted by molar-refractivity contribution is 7.10. The first-order chi connectivity index (χ1) is 9.30. The Kier molecular flexibility index (Phi) is 5.99. The Morgan fingerprint density at radius 1 is 1.55 bits per heavy atom. The SMILES string of the molecule is CC(CNC(=O)OC(C)(C)C)NCc1cc(C#N)cs1. The Morgan fingerprint density at radius 2 is 2.25 bits per heavy atom. The summed E-state index contributed by atoms with van der Waals surface area (Å²) in [5.74, 6) is 0. The zero-order valence-corrected chi connectivity index (χ0v) is 13.1. The number of nitrogens with zero attached hydrogens (tertiary/aromatic N) is 1. The minimum Gasteiger partial charge on any atom is -0.444 e. The van der Waals surface area contributed by atoms with E-state index in [1.165, 1.54) is 0 Å². The maximum absolute atomic E-state index is 11.5. The molecule has 110 valence electrons. The predicted molar refractivity (Wildman–Crippen MR) is 79.6 cm³/mol. The molecule has 0 saturated carbocycles. The van der Waals surface area contributed by atoms with Crippen LogP contribution in [0.1, 0.15) is 38.1 Å². The lowest BCUT2D eigenvalue weighted by Crippen LogP contribution is -2.40. The van der Waals surface area contributed by atoms with Gasteiger partial charge in [-0.1, -0.05) is 0 Å². The molecule has 0 aliphatic heterocycles. The van der Waals surface area contributed by atoms with Crippen LogP contribution in [-0.2, 0) is 11.3 Å². The van der Waals surface area contributed by atoms with E-state index in [0.29, 0.717) is 18.7 Å². The van der Waals surface area contributed by atoms with Crippen LogP contribution in [0.4, 0.5) is 4.79 Å². The summed E-state index contributed by atoms with van der Waals surface area (Å²) in [6.07, 6.45) is -0.408. The highest BCUT2D eigenvalue weighted by Crippen LogP contribution is 2.13. The summed E-state index contributed by atoms with van der Waals surface area (Å²) in [4.78, 5) is 12.6. The lowest BCUT2D eigenvalue weighted by molar-refractivity contribution is 0.0523. The minimum atomic E-state index is -0.481. The third-order valence-corrected chi connectivity index (χ3v) is 3.30. The van der Waals surface area contributed by atoms with Crippen LogP contribution in [0.5, 0.6) is 0 Å². The van der Waals surface area contributed by atoms with E-state index < -0.39 is 11.7 Å². The number of carbonyl (C=O) groups excluding carboxylic acids is 1. The summed E-state index contributed by atoms with van der Waals surface area (Å²) in [7, 11) is 0. The fourth-order valence-corrected chi connectivity index (χ4v) is 2.19. The summed E-state index contributed by atoms with van der Waals surface area (Å²) in [6, 6.07) is 4.09. The van der Waals surface area contributed by atoms with E-state index in [1.54, 1.807) is 11.3 Å². The first kappa shape index (κ1) is 16.5. The predicted octanol–water partition coefficient (Wildman–Crippen LogP) is 2.62. The Morgan fingerprint density at radius 3 is 2.80 bits per heavy atom. The average Bonchev–Trinajstić information content (AvgIpc) is 2.79. The summed E-state index contributed by atoms with van der Waals surface area (Å²) < 4.78 is 5.16. The van der Waals surface area contributed by atoms with Gasteiger partial charge in [0, 0.05) is 29.4 Å². The van der Waals surface area contributed by atoms with Gasteiger partial charge < -0.3 is 15.4 Å². The average molecular weight is 295 g/mol. The molecule has 0 fully saturated rings. The molecule has 0 aromatic carbocycles. The maximum atomic E-state index is 11.5. The molecular weight excluding hydrogens is 274 g/mol. The molecule has 6 heteroatoms. The number of carbonyl (C=O) groups is 1. The van der Waals surface area contributed by atoms with Crippen LogP contribution in [0.25, 0.3) is 0 Å². The van der Waals surface area contributed by atoms with Gasteiger partial charge in [0.2, 0.25) is 0 Å². The number of hydrogen-bond acceptors (Lipinski definition) is 5. The molecule has 1 amide bonds. The Hall–Kier alpha value is -1.58. The lowest BCUT2D eigenvalue weighted by atomic mass is 10.2. The van der Waals surface area contributed by atoms with Gasteiger partial charge in [0.05, 0.1) is 5.56 Å². The molecule has 0 bridgehead atoms. The number of amides is 1. The van der Waals surface area contributed by atoms with Crippen LogP contribution in [0.2, 0.25) is 0 Å². The van der Waals surface area contributed by atoms with Crippen molar-refractivity contribution in [3.63, 3.8) is 0 Å². The van der Waals surface area contributed by atoms with Crippen molar-refractivity contribution in [1.29, 1.82) is 5.26 Å². The van der Waals surface area contributed by atoms with Gasteiger partial charge in [0.25, 0.3) is 0 Å². The smallest absolute Gasteiger partial charge is 0.407 e. The standard InChI is InChI=1S/C14H21N3O2S/c1-10(7-17-13(18)19-14(2,3)4)16-8-12-5-11(6-15)9-20-12/h5,9-10,16H,7-8H2,1-4H3,(H,17,18). The van der Waals surface area contributed by atoms with E-state index in [-0.39, 0.29) is 6.04 Å². The number of nitrogens with one attached hydrogen (secondary N) is 2. The highest BCUT2D eigenvalue weighted by Gasteiger charge is 2.16. The number of alkyl carbamates (subject to hydrolysis) is 1. The molecule has 0 saturated heterocycles. The molecule has 0 aliphatic carbocycles. The van der Waals surface area contributed by atoms with Gasteiger partial charge in [-0.2, -0.15) is 5.26 Å². The third kappa shape index (κ3) is 6.55. The summed E-state index contributed by atoms with van der Waals surface area (Å²) in [6.45, 7) is 8.65. The number of thiophene rings is 1. The number of ether oxygens (including phenoxy) is 1. The molecule has 1 unspecified atom stereocenters. The summed E-state index contributed by atoms with van der Waals surface area (Å²) >= 11 is 1.55. The van der Waals surface area contributed by atoms with Crippen molar-refractivity contribution < 1.29 is 9.53 Å². The second-order valence-corrected chi connectivity index (χ2v) is 6.57. The summed E-state index contributed by atoms with van der Waals surface area (Å²) in [5.41, 5.74) is 0.206. The fraction of sp³-hybridized carbons (Fsp3) is 0.571. The molecule has 1 atom stereocenters. The van der Waals surface area contributed by atoms with Gasteiger partial charge in [-0.3, -0.25) is 0 Å². The van der Waals surface area contributed by atoms with Gasteiger partial charge in [-0.15, -0.1) is 11.3 Å². The molecular formula is C14H21N3O2S. The van der Waals surface area contributed by atoms with E-state index in [1.807, 2.05) is 39.1 Å². The Balaban J connectivity index is 2.25. The van der Waals surface area contributed by atoms with E-state index in [2.05, 4.69) is 16.7 Å².